The van der Waals surface area contributed by atoms with Crippen LogP contribution in [-0.4, -0.2) is 25.6 Å². The second-order valence-corrected chi connectivity index (χ2v) is 2.56. The maximum Gasteiger partial charge on any atom is 0.353 e. The molecule has 2 aromatic heterocycles. The number of rotatable bonds is 1. The third-order valence-electron chi connectivity index (χ3n) is 1.71. The molecule has 0 unspecified atom stereocenters. The predicted octanol–water partition coefficient (Wildman–Crippen LogP) is 0.738. The summed E-state index contributed by atoms with van der Waals surface area (Å²) in [5, 5.41) is 17.9. The van der Waals surface area contributed by atoms with Gasteiger partial charge in [0, 0.05) is 24.5 Å². The number of aromatic nitrogens is 2. The second kappa shape index (κ2) is 2.48. The van der Waals surface area contributed by atoms with Crippen molar-refractivity contribution in [2.75, 3.05) is 0 Å². The molecule has 13 heavy (non-hydrogen) atoms. The van der Waals surface area contributed by atoms with E-state index in [4.69, 9.17) is 10.2 Å². The average Bonchev–Trinajstić information content (AvgIpc) is 2.49. The number of carbonyl (C=O) groups is 1. The Morgan fingerprint density at radius 3 is 2.92 bits per heavy atom. The molecule has 0 radical (unpaired) electrons. The number of hydrogen-bond donors (Lipinski definition) is 2. The van der Waals surface area contributed by atoms with Crippen LogP contribution in [0.25, 0.3) is 5.65 Å². The molecule has 2 aromatic rings. The van der Waals surface area contributed by atoms with E-state index in [1.165, 1.54) is 28.9 Å². The topological polar surface area (TPSA) is 74.8 Å². The fraction of sp³-hybridized carbons (Fsp3) is 0. The lowest BCUT2D eigenvalue weighted by Crippen LogP contribution is -2.03. The summed E-state index contributed by atoms with van der Waals surface area (Å²) in [5.41, 5.74) is 0.407. The van der Waals surface area contributed by atoms with Gasteiger partial charge in [0.05, 0.1) is 0 Å². The van der Waals surface area contributed by atoms with Gasteiger partial charge in [0.2, 0.25) is 0 Å². The molecule has 0 bridgehead atoms. The number of aromatic hydroxyl groups is 1. The maximum atomic E-state index is 10.7. The summed E-state index contributed by atoms with van der Waals surface area (Å²) in [6.45, 7) is 0. The Labute approximate surface area is 72.9 Å². The van der Waals surface area contributed by atoms with E-state index in [0.717, 1.165) is 0 Å². The summed E-state index contributed by atoms with van der Waals surface area (Å²) in [4.78, 5) is 14.6. The molecule has 0 fully saturated rings. The fourth-order valence-electron chi connectivity index (χ4n) is 1.17. The molecule has 0 amide bonds. The van der Waals surface area contributed by atoms with Gasteiger partial charge in [-0.25, -0.2) is 9.78 Å². The minimum atomic E-state index is -1.10. The zero-order chi connectivity index (χ0) is 9.42. The first-order chi connectivity index (χ1) is 6.18. The predicted molar refractivity (Wildman–Crippen MR) is 43.8 cm³/mol. The van der Waals surface area contributed by atoms with E-state index in [1.54, 1.807) is 0 Å². The third kappa shape index (κ3) is 1.10. The number of pyridine rings is 1. The molecule has 5 nitrogen and oxygen atoms in total. The smallest absolute Gasteiger partial charge is 0.353 e. The molecule has 2 rings (SSSR count). The lowest BCUT2D eigenvalue weighted by atomic mass is 10.3. The van der Waals surface area contributed by atoms with Crippen molar-refractivity contribution in [2.24, 2.45) is 0 Å². The van der Waals surface area contributed by atoms with Crippen molar-refractivity contribution in [3.63, 3.8) is 0 Å². The molecular formula is C8H6N2O3. The standard InChI is InChI=1S/C8H6N2O3/c11-5-3-6(8(12)13)10-2-1-9-7(10)4-5/h1-4,11H,(H,12,13). The normalized spacial score (nSPS) is 10.5. The van der Waals surface area contributed by atoms with Crippen LogP contribution in [0.15, 0.2) is 24.5 Å². The first-order valence-corrected chi connectivity index (χ1v) is 3.58. The largest absolute Gasteiger partial charge is 0.508 e. The van der Waals surface area contributed by atoms with Crippen LogP contribution in [0.4, 0.5) is 0 Å². The minimum absolute atomic E-state index is 0.00694. The van der Waals surface area contributed by atoms with Gasteiger partial charge in [-0.05, 0) is 0 Å². The molecule has 0 aliphatic carbocycles. The van der Waals surface area contributed by atoms with Gasteiger partial charge < -0.3 is 10.2 Å². The van der Waals surface area contributed by atoms with Gasteiger partial charge in [-0.1, -0.05) is 0 Å². The Balaban J connectivity index is 2.84. The van der Waals surface area contributed by atoms with E-state index in [-0.39, 0.29) is 11.4 Å². The summed E-state index contributed by atoms with van der Waals surface area (Å²) in [5.74, 6) is -1.20. The molecule has 5 heteroatoms. The lowest BCUT2D eigenvalue weighted by Gasteiger charge is -2.00. The number of hydrogen-bond acceptors (Lipinski definition) is 3. The molecule has 2 heterocycles. The van der Waals surface area contributed by atoms with E-state index in [1.807, 2.05) is 0 Å². The highest BCUT2D eigenvalue weighted by molar-refractivity contribution is 5.87. The Kier molecular flexibility index (Phi) is 1.45. The number of carboxylic acid groups (broad SMARTS) is 1. The van der Waals surface area contributed by atoms with Crippen LogP contribution in [-0.2, 0) is 0 Å². The third-order valence-corrected chi connectivity index (χ3v) is 1.71. The summed E-state index contributed by atoms with van der Waals surface area (Å²) in [6, 6.07) is 2.57. The zero-order valence-electron chi connectivity index (χ0n) is 6.51. The first-order valence-electron chi connectivity index (χ1n) is 3.58. The fourth-order valence-corrected chi connectivity index (χ4v) is 1.17. The molecule has 0 atom stereocenters. The zero-order valence-corrected chi connectivity index (χ0v) is 6.51. The van der Waals surface area contributed by atoms with Crippen LogP contribution in [0.2, 0.25) is 0 Å². The van der Waals surface area contributed by atoms with Gasteiger partial charge in [0.25, 0.3) is 0 Å². The summed E-state index contributed by atoms with van der Waals surface area (Å²) >= 11 is 0. The first kappa shape index (κ1) is 7.60. The molecule has 0 aromatic carbocycles. The van der Waals surface area contributed by atoms with E-state index >= 15 is 0 Å². The van der Waals surface area contributed by atoms with Crippen molar-refractivity contribution in [1.82, 2.24) is 9.38 Å². The monoisotopic (exact) mass is 178 g/mol. The highest BCUT2D eigenvalue weighted by atomic mass is 16.4. The molecule has 0 aliphatic rings. The van der Waals surface area contributed by atoms with Gasteiger partial charge in [-0.3, -0.25) is 4.40 Å². The van der Waals surface area contributed by atoms with E-state index in [0.29, 0.717) is 5.65 Å². The SMILES string of the molecule is O=C(O)c1cc(O)cc2nccn12. The van der Waals surface area contributed by atoms with E-state index in [9.17, 15) is 4.79 Å². The van der Waals surface area contributed by atoms with Crippen molar-refractivity contribution >= 4 is 11.6 Å². The van der Waals surface area contributed by atoms with Gasteiger partial charge in [-0.2, -0.15) is 0 Å². The second-order valence-electron chi connectivity index (χ2n) is 2.56. The number of nitrogens with zero attached hydrogens (tertiary/aromatic N) is 2. The molecule has 2 N–H and O–H groups in total. The van der Waals surface area contributed by atoms with E-state index in [2.05, 4.69) is 4.98 Å². The average molecular weight is 178 g/mol. The number of aromatic carboxylic acids is 1. The Morgan fingerprint density at radius 2 is 2.23 bits per heavy atom. The Bertz CT molecular complexity index is 475. The molecular weight excluding hydrogens is 172 g/mol. The van der Waals surface area contributed by atoms with Crippen LogP contribution >= 0.6 is 0 Å². The van der Waals surface area contributed by atoms with Crippen LogP contribution in [0.1, 0.15) is 10.5 Å². The van der Waals surface area contributed by atoms with Crippen LogP contribution in [0, 0.1) is 0 Å². The highest BCUT2D eigenvalue weighted by Gasteiger charge is 2.09. The molecule has 0 spiro atoms. The Morgan fingerprint density at radius 1 is 1.46 bits per heavy atom. The van der Waals surface area contributed by atoms with Crippen molar-refractivity contribution < 1.29 is 15.0 Å². The molecule has 66 valence electrons. The van der Waals surface area contributed by atoms with Gasteiger partial charge in [0.1, 0.15) is 17.1 Å². The maximum absolute atomic E-state index is 10.7. The van der Waals surface area contributed by atoms with Crippen molar-refractivity contribution in [3.05, 3.63) is 30.2 Å². The van der Waals surface area contributed by atoms with Crippen molar-refractivity contribution in [3.8, 4) is 5.75 Å². The van der Waals surface area contributed by atoms with Gasteiger partial charge >= 0.3 is 5.97 Å². The van der Waals surface area contributed by atoms with Crippen molar-refractivity contribution in [2.45, 2.75) is 0 Å². The molecule has 0 saturated heterocycles. The van der Waals surface area contributed by atoms with Gasteiger partial charge in [-0.15, -0.1) is 0 Å². The quantitative estimate of drug-likeness (QED) is 0.675. The van der Waals surface area contributed by atoms with Crippen molar-refractivity contribution in [1.29, 1.82) is 0 Å². The minimum Gasteiger partial charge on any atom is -0.508 e. The van der Waals surface area contributed by atoms with Crippen LogP contribution in [0.3, 0.4) is 0 Å². The highest BCUT2D eigenvalue weighted by Crippen LogP contribution is 2.15. The summed E-state index contributed by atoms with van der Waals surface area (Å²) in [7, 11) is 0. The molecule has 0 saturated carbocycles. The van der Waals surface area contributed by atoms with Crippen LogP contribution < -0.4 is 0 Å². The lowest BCUT2D eigenvalue weighted by molar-refractivity contribution is 0.0688. The van der Waals surface area contributed by atoms with Crippen LogP contribution in [0.5, 0.6) is 5.75 Å². The summed E-state index contributed by atoms with van der Waals surface area (Å²) < 4.78 is 1.39. The molecule has 0 aliphatic heterocycles. The van der Waals surface area contributed by atoms with E-state index < -0.39 is 5.97 Å². The number of imidazole rings is 1. The summed E-state index contributed by atoms with van der Waals surface area (Å²) in [6.07, 6.45) is 3.00. The number of carboxylic acids is 1. The Hall–Kier alpha value is -2.04. The van der Waals surface area contributed by atoms with Gasteiger partial charge in [0.15, 0.2) is 0 Å². The number of fused-ring (bicyclic) bond motifs is 1.